The molecule has 0 aliphatic heterocycles. The van der Waals surface area contributed by atoms with Crippen molar-refractivity contribution in [3.05, 3.63) is 58.7 Å². The number of amides is 1. The standard InChI is InChI=1S/C19H20N2O5S/c1-11-9-13(19(23)24)10-17(12(11)2)27(25,26)21-16-6-4-3-5-15(16)18(22)20-14-7-8-14/h3-6,9-10,14,21H,7-8H2,1-2H3,(H,20,22)(H,23,24)/p-1. The van der Waals surface area contributed by atoms with Crippen LogP contribution in [-0.4, -0.2) is 26.3 Å². The number of rotatable bonds is 6. The lowest BCUT2D eigenvalue weighted by Crippen LogP contribution is -2.27. The highest BCUT2D eigenvalue weighted by Crippen LogP contribution is 2.26. The summed E-state index contributed by atoms with van der Waals surface area (Å²) in [6.45, 7) is 3.21. The number of aromatic carboxylic acids is 1. The van der Waals surface area contributed by atoms with Gasteiger partial charge in [0.1, 0.15) is 0 Å². The predicted molar refractivity (Wildman–Crippen MR) is 98.0 cm³/mol. The van der Waals surface area contributed by atoms with E-state index in [1.165, 1.54) is 18.2 Å². The van der Waals surface area contributed by atoms with E-state index in [1.54, 1.807) is 26.0 Å². The number of nitrogens with one attached hydrogen (secondary N) is 2. The van der Waals surface area contributed by atoms with Gasteiger partial charge in [-0.15, -0.1) is 0 Å². The van der Waals surface area contributed by atoms with E-state index >= 15 is 0 Å². The number of carboxylic acid groups (broad SMARTS) is 1. The minimum Gasteiger partial charge on any atom is -0.545 e. The molecule has 1 aliphatic carbocycles. The van der Waals surface area contributed by atoms with Gasteiger partial charge in [-0.2, -0.15) is 0 Å². The molecule has 27 heavy (non-hydrogen) atoms. The molecule has 8 heteroatoms. The van der Waals surface area contributed by atoms with Crippen LogP contribution in [0.2, 0.25) is 0 Å². The highest BCUT2D eigenvalue weighted by Gasteiger charge is 2.26. The molecule has 1 saturated carbocycles. The lowest BCUT2D eigenvalue weighted by molar-refractivity contribution is -0.255. The first kappa shape index (κ1) is 18.9. The molecule has 2 aromatic rings. The number of carbonyl (C=O) groups excluding carboxylic acids is 2. The number of anilines is 1. The summed E-state index contributed by atoms with van der Waals surface area (Å²) in [6.07, 6.45) is 1.82. The third-order valence-corrected chi connectivity index (χ3v) is 5.97. The SMILES string of the molecule is Cc1cc(C(=O)[O-])cc(S(=O)(=O)Nc2ccccc2C(=O)NC2CC2)c1C. The van der Waals surface area contributed by atoms with Crippen LogP contribution in [-0.2, 0) is 10.0 Å². The van der Waals surface area contributed by atoms with Crippen LogP contribution in [0.4, 0.5) is 5.69 Å². The second-order valence-corrected chi connectivity index (χ2v) is 8.25. The van der Waals surface area contributed by atoms with Crippen molar-refractivity contribution in [3.8, 4) is 0 Å². The van der Waals surface area contributed by atoms with E-state index in [4.69, 9.17) is 0 Å². The van der Waals surface area contributed by atoms with Crippen molar-refractivity contribution < 1.29 is 23.1 Å². The van der Waals surface area contributed by atoms with Crippen LogP contribution >= 0.6 is 0 Å². The van der Waals surface area contributed by atoms with E-state index in [0.717, 1.165) is 18.9 Å². The zero-order valence-corrected chi connectivity index (χ0v) is 15.7. The monoisotopic (exact) mass is 387 g/mol. The van der Waals surface area contributed by atoms with Gasteiger partial charge in [-0.05, 0) is 67.6 Å². The lowest BCUT2D eigenvalue weighted by Gasteiger charge is -2.16. The van der Waals surface area contributed by atoms with E-state index in [-0.39, 0.29) is 33.7 Å². The molecule has 0 unspecified atom stereocenters. The van der Waals surface area contributed by atoms with Crippen molar-refractivity contribution in [2.75, 3.05) is 4.72 Å². The molecule has 1 amide bonds. The normalized spacial score (nSPS) is 13.9. The second-order valence-electron chi connectivity index (χ2n) is 6.60. The first-order chi connectivity index (χ1) is 12.7. The Balaban J connectivity index is 1.98. The Bertz CT molecular complexity index is 1030. The number of benzene rings is 2. The van der Waals surface area contributed by atoms with Gasteiger partial charge in [-0.3, -0.25) is 9.52 Å². The molecule has 0 bridgehead atoms. The van der Waals surface area contributed by atoms with Crippen LogP contribution in [0, 0.1) is 13.8 Å². The molecule has 0 spiro atoms. The highest BCUT2D eigenvalue weighted by molar-refractivity contribution is 7.92. The Kier molecular flexibility index (Phi) is 4.93. The van der Waals surface area contributed by atoms with Crippen LogP contribution < -0.4 is 15.1 Å². The van der Waals surface area contributed by atoms with Crippen LogP contribution in [0.1, 0.15) is 44.7 Å². The van der Waals surface area contributed by atoms with Crippen LogP contribution in [0.25, 0.3) is 0 Å². The number of sulfonamides is 1. The van der Waals surface area contributed by atoms with Crippen molar-refractivity contribution in [2.24, 2.45) is 0 Å². The Hall–Kier alpha value is -2.87. The molecule has 0 radical (unpaired) electrons. The number of para-hydroxylation sites is 1. The smallest absolute Gasteiger partial charge is 0.262 e. The zero-order valence-electron chi connectivity index (χ0n) is 14.9. The Morgan fingerprint density at radius 1 is 1.11 bits per heavy atom. The maximum Gasteiger partial charge on any atom is 0.262 e. The van der Waals surface area contributed by atoms with Gasteiger partial charge in [0.2, 0.25) is 0 Å². The number of carbonyl (C=O) groups is 2. The minimum absolute atomic E-state index is 0.131. The Morgan fingerprint density at radius 3 is 2.41 bits per heavy atom. The summed E-state index contributed by atoms with van der Waals surface area (Å²) in [5, 5.41) is 14.0. The molecular formula is C19H19N2O5S-. The quantitative estimate of drug-likeness (QED) is 0.776. The number of hydrogen-bond acceptors (Lipinski definition) is 5. The lowest BCUT2D eigenvalue weighted by atomic mass is 10.1. The topological polar surface area (TPSA) is 115 Å². The molecule has 1 fully saturated rings. The van der Waals surface area contributed by atoms with E-state index in [2.05, 4.69) is 10.0 Å². The molecule has 1 aliphatic rings. The largest absolute Gasteiger partial charge is 0.545 e. The third-order valence-electron chi connectivity index (χ3n) is 4.47. The van der Waals surface area contributed by atoms with E-state index in [0.29, 0.717) is 11.1 Å². The summed E-state index contributed by atoms with van der Waals surface area (Å²) in [5.41, 5.74) is 1.05. The Morgan fingerprint density at radius 2 is 1.78 bits per heavy atom. The number of aryl methyl sites for hydroxylation is 1. The van der Waals surface area contributed by atoms with Gasteiger partial charge in [0.05, 0.1) is 22.1 Å². The fraction of sp³-hybridized carbons (Fsp3) is 0.263. The average Bonchev–Trinajstić information content (AvgIpc) is 3.40. The van der Waals surface area contributed by atoms with Crippen molar-refractivity contribution in [1.82, 2.24) is 5.32 Å². The molecule has 0 saturated heterocycles. The van der Waals surface area contributed by atoms with Crippen LogP contribution in [0.5, 0.6) is 0 Å². The second kappa shape index (κ2) is 7.03. The molecule has 142 valence electrons. The van der Waals surface area contributed by atoms with Gasteiger partial charge >= 0.3 is 0 Å². The van der Waals surface area contributed by atoms with Gasteiger partial charge < -0.3 is 15.2 Å². The molecule has 7 nitrogen and oxygen atoms in total. The molecule has 2 aromatic carbocycles. The van der Waals surface area contributed by atoms with Crippen LogP contribution in [0.15, 0.2) is 41.3 Å². The van der Waals surface area contributed by atoms with Gasteiger partial charge in [0.25, 0.3) is 15.9 Å². The number of hydrogen-bond donors (Lipinski definition) is 2. The van der Waals surface area contributed by atoms with Crippen molar-refractivity contribution in [1.29, 1.82) is 0 Å². The zero-order chi connectivity index (χ0) is 19.8. The van der Waals surface area contributed by atoms with Crippen molar-refractivity contribution in [2.45, 2.75) is 37.6 Å². The summed E-state index contributed by atoms with van der Waals surface area (Å²) in [5.74, 6) is -1.81. The van der Waals surface area contributed by atoms with Gasteiger partial charge in [0, 0.05) is 6.04 Å². The van der Waals surface area contributed by atoms with Crippen LogP contribution in [0.3, 0.4) is 0 Å². The summed E-state index contributed by atoms with van der Waals surface area (Å²) < 4.78 is 28.2. The first-order valence-corrected chi connectivity index (χ1v) is 9.92. The minimum atomic E-state index is -4.11. The van der Waals surface area contributed by atoms with E-state index in [1.807, 2.05) is 0 Å². The number of carboxylic acids is 1. The molecule has 2 N–H and O–H groups in total. The first-order valence-electron chi connectivity index (χ1n) is 8.44. The maximum atomic E-state index is 12.9. The summed E-state index contributed by atoms with van der Waals surface area (Å²) in [6, 6.07) is 8.84. The summed E-state index contributed by atoms with van der Waals surface area (Å²) >= 11 is 0. The molecule has 0 aromatic heterocycles. The van der Waals surface area contributed by atoms with E-state index < -0.39 is 16.0 Å². The molecular weight excluding hydrogens is 368 g/mol. The predicted octanol–water partition coefficient (Wildman–Crippen LogP) is 1.36. The molecule has 0 heterocycles. The third kappa shape index (κ3) is 4.11. The summed E-state index contributed by atoms with van der Waals surface area (Å²) in [7, 11) is -4.11. The highest BCUT2D eigenvalue weighted by atomic mass is 32.2. The summed E-state index contributed by atoms with van der Waals surface area (Å²) in [4.78, 5) is 23.4. The Labute approximate surface area is 157 Å². The molecule has 0 atom stereocenters. The van der Waals surface area contributed by atoms with Gasteiger partial charge in [-0.25, -0.2) is 8.42 Å². The fourth-order valence-corrected chi connectivity index (χ4v) is 4.11. The van der Waals surface area contributed by atoms with E-state index in [9.17, 15) is 23.1 Å². The van der Waals surface area contributed by atoms with Gasteiger partial charge in [0.15, 0.2) is 0 Å². The van der Waals surface area contributed by atoms with Crippen molar-refractivity contribution >= 4 is 27.6 Å². The fourth-order valence-electron chi connectivity index (χ4n) is 2.68. The molecule has 3 rings (SSSR count). The average molecular weight is 387 g/mol. The van der Waals surface area contributed by atoms with Gasteiger partial charge in [-0.1, -0.05) is 12.1 Å². The maximum absolute atomic E-state index is 12.9. The van der Waals surface area contributed by atoms with Crippen molar-refractivity contribution in [3.63, 3.8) is 0 Å².